The Kier molecular flexibility index (Phi) is 5.06. The van der Waals surface area contributed by atoms with E-state index >= 15 is 0 Å². The number of ketones is 2. The predicted octanol–water partition coefficient (Wildman–Crippen LogP) is 3.06. The van der Waals surface area contributed by atoms with E-state index in [9.17, 15) is 14.4 Å². The lowest BCUT2D eigenvalue weighted by Gasteiger charge is -2.07. The summed E-state index contributed by atoms with van der Waals surface area (Å²) in [6.45, 7) is 3.62. The highest BCUT2D eigenvalue weighted by molar-refractivity contribution is 6.37. The van der Waals surface area contributed by atoms with E-state index in [-0.39, 0.29) is 12.4 Å². The van der Waals surface area contributed by atoms with E-state index in [0.717, 1.165) is 11.1 Å². The van der Waals surface area contributed by atoms with Gasteiger partial charge in [0.2, 0.25) is 5.78 Å². The summed E-state index contributed by atoms with van der Waals surface area (Å²) in [5.41, 5.74) is 0.884. The van der Waals surface area contributed by atoms with Crippen LogP contribution in [0.1, 0.15) is 29.8 Å². The summed E-state index contributed by atoms with van der Waals surface area (Å²) in [5.74, 6) is -1.03. The maximum Gasteiger partial charge on any atom is 0.375 e. The first-order valence-corrected chi connectivity index (χ1v) is 7.28. The van der Waals surface area contributed by atoms with E-state index < -0.39 is 17.2 Å². The molecule has 1 saturated heterocycles. The molecular weight excluding hydrogens is 292 g/mol. The monoisotopic (exact) mass is 310 g/mol. The number of carbonyl (C=O) groups excluding carboxylic acids is 3. The van der Waals surface area contributed by atoms with Crippen LogP contribution < -0.4 is 0 Å². The minimum Gasteiger partial charge on any atom is -0.459 e. The average Bonchev–Trinajstić information content (AvgIpc) is 2.83. The first kappa shape index (κ1) is 16.6. The molecular formula is C19H18O4. The number of cyclic esters (lactones) is 1. The van der Waals surface area contributed by atoms with E-state index in [1.165, 1.54) is 0 Å². The molecule has 23 heavy (non-hydrogen) atoms. The van der Waals surface area contributed by atoms with E-state index in [1.807, 2.05) is 60.7 Å². The van der Waals surface area contributed by atoms with Gasteiger partial charge in [0.25, 0.3) is 0 Å². The highest BCUT2D eigenvalue weighted by Gasteiger charge is 2.41. The Hall–Kier alpha value is -2.75. The third-order valence-electron chi connectivity index (χ3n) is 3.44. The molecule has 0 radical (unpaired) electrons. The van der Waals surface area contributed by atoms with E-state index in [1.54, 1.807) is 13.8 Å². The van der Waals surface area contributed by atoms with Crippen molar-refractivity contribution in [3.05, 3.63) is 71.8 Å². The molecule has 1 fully saturated rings. The standard InChI is InChI=1S/C13H10O.C6H8O3/c14-13(11-7-3-1-4-8-11)12-9-5-2-6-10-12;1-6(2)3-9-5(8)4(6)7/h1-10H;3H2,1-2H3. The highest BCUT2D eigenvalue weighted by atomic mass is 16.5. The van der Waals surface area contributed by atoms with Crippen LogP contribution in [-0.4, -0.2) is 24.1 Å². The van der Waals surface area contributed by atoms with Crippen molar-refractivity contribution in [2.75, 3.05) is 6.61 Å². The molecule has 3 rings (SSSR count). The molecule has 4 heteroatoms. The number of esters is 1. The molecule has 0 N–H and O–H groups in total. The summed E-state index contributed by atoms with van der Waals surface area (Å²) in [4.78, 5) is 33.0. The molecule has 0 spiro atoms. The van der Waals surface area contributed by atoms with Gasteiger partial charge >= 0.3 is 5.97 Å². The van der Waals surface area contributed by atoms with Crippen molar-refractivity contribution in [1.82, 2.24) is 0 Å². The van der Waals surface area contributed by atoms with Gasteiger partial charge in [0.1, 0.15) is 6.61 Å². The number of Topliss-reactive ketones (excluding diaryl/α,β-unsaturated/α-hetero) is 1. The number of carbonyl (C=O) groups is 3. The van der Waals surface area contributed by atoms with Crippen molar-refractivity contribution < 1.29 is 19.1 Å². The lowest BCUT2D eigenvalue weighted by atomic mass is 9.92. The summed E-state index contributed by atoms with van der Waals surface area (Å²) in [7, 11) is 0. The predicted molar refractivity (Wildman–Crippen MR) is 86.1 cm³/mol. The largest absolute Gasteiger partial charge is 0.459 e. The Bertz CT molecular complexity index is 661. The fourth-order valence-corrected chi connectivity index (χ4v) is 2.00. The summed E-state index contributed by atoms with van der Waals surface area (Å²) >= 11 is 0. The van der Waals surface area contributed by atoms with Crippen LogP contribution >= 0.6 is 0 Å². The second-order valence-electron chi connectivity index (χ2n) is 5.85. The zero-order chi connectivity index (χ0) is 16.9. The number of rotatable bonds is 2. The molecule has 0 unspecified atom stereocenters. The summed E-state index contributed by atoms with van der Waals surface area (Å²) in [6, 6.07) is 18.6. The number of hydrogen-bond acceptors (Lipinski definition) is 4. The Morgan fingerprint density at radius 1 is 0.870 bits per heavy atom. The quantitative estimate of drug-likeness (QED) is 0.486. The fourth-order valence-electron chi connectivity index (χ4n) is 2.00. The highest BCUT2D eigenvalue weighted by Crippen LogP contribution is 2.23. The molecule has 0 amide bonds. The van der Waals surface area contributed by atoms with Gasteiger partial charge in [0.15, 0.2) is 5.78 Å². The van der Waals surface area contributed by atoms with Crippen molar-refractivity contribution in [2.24, 2.45) is 5.41 Å². The van der Waals surface area contributed by atoms with Gasteiger partial charge < -0.3 is 4.74 Å². The summed E-state index contributed by atoms with van der Waals surface area (Å²) in [5, 5.41) is 0. The minimum absolute atomic E-state index is 0.0752. The zero-order valence-corrected chi connectivity index (χ0v) is 13.1. The molecule has 1 aliphatic heterocycles. The van der Waals surface area contributed by atoms with E-state index in [2.05, 4.69) is 4.74 Å². The van der Waals surface area contributed by atoms with Crippen LogP contribution in [0.15, 0.2) is 60.7 Å². The Morgan fingerprint density at radius 2 is 1.30 bits per heavy atom. The van der Waals surface area contributed by atoms with Crippen LogP contribution in [-0.2, 0) is 14.3 Å². The van der Waals surface area contributed by atoms with Crippen molar-refractivity contribution in [1.29, 1.82) is 0 Å². The van der Waals surface area contributed by atoms with Crippen LogP contribution in [0.3, 0.4) is 0 Å². The first-order valence-electron chi connectivity index (χ1n) is 7.28. The number of hydrogen-bond donors (Lipinski definition) is 0. The lowest BCUT2D eigenvalue weighted by Crippen LogP contribution is -2.23. The van der Waals surface area contributed by atoms with Gasteiger partial charge in [0, 0.05) is 11.1 Å². The van der Waals surface area contributed by atoms with Crippen molar-refractivity contribution >= 4 is 17.5 Å². The maximum atomic E-state index is 11.8. The molecule has 0 bridgehead atoms. The van der Waals surface area contributed by atoms with Crippen LogP contribution in [0.2, 0.25) is 0 Å². The van der Waals surface area contributed by atoms with Crippen molar-refractivity contribution in [3.8, 4) is 0 Å². The number of ether oxygens (including phenoxy) is 1. The average molecular weight is 310 g/mol. The molecule has 1 aliphatic rings. The molecule has 0 atom stereocenters. The van der Waals surface area contributed by atoms with Gasteiger partial charge in [-0.1, -0.05) is 60.7 Å². The molecule has 0 aromatic heterocycles. The molecule has 2 aromatic carbocycles. The molecule has 0 aliphatic carbocycles. The SMILES string of the molecule is CC1(C)COC(=O)C1=O.O=C(c1ccccc1)c1ccccc1. The third kappa shape index (κ3) is 4.13. The third-order valence-corrected chi connectivity index (χ3v) is 3.44. The van der Waals surface area contributed by atoms with Gasteiger partial charge in [-0.2, -0.15) is 0 Å². The van der Waals surface area contributed by atoms with Crippen LogP contribution in [0.4, 0.5) is 0 Å². The Balaban J connectivity index is 0.000000185. The molecule has 2 aromatic rings. The van der Waals surface area contributed by atoms with E-state index in [0.29, 0.717) is 0 Å². The topological polar surface area (TPSA) is 60.4 Å². The van der Waals surface area contributed by atoms with Gasteiger partial charge in [0.05, 0.1) is 5.41 Å². The molecule has 1 heterocycles. The molecule has 118 valence electrons. The van der Waals surface area contributed by atoms with Crippen molar-refractivity contribution in [2.45, 2.75) is 13.8 Å². The maximum absolute atomic E-state index is 11.8. The second-order valence-corrected chi connectivity index (χ2v) is 5.85. The van der Waals surface area contributed by atoms with Crippen LogP contribution in [0.5, 0.6) is 0 Å². The fraction of sp³-hybridized carbons (Fsp3) is 0.211. The van der Waals surface area contributed by atoms with Gasteiger partial charge in [-0.05, 0) is 13.8 Å². The summed E-state index contributed by atoms with van der Waals surface area (Å²) in [6.07, 6.45) is 0. The smallest absolute Gasteiger partial charge is 0.375 e. The zero-order valence-electron chi connectivity index (χ0n) is 13.1. The number of benzene rings is 2. The summed E-state index contributed by atoms with van der Waals surface area (Å²) < 4.78 is 4.49. The van der Waals surface area contributed by atoms with E-state index in [4.69, 9.17) is 0 Å². The first-order chi connectivity index (χ1) is 10.9. The molecule has 0 saturated carbocycles. The van der Waals surface area contributed by atoms with Gasteiger partial charge in [-0.15, -0.1) is 0 Å². The normalized spacial score (nSPS) is 15.4. The molecule has 4 nitrogen and oxygen atoms in total. The van der Waals surface area contributed by atoms with Gasteiger partial charge in [-0.3, -0.25) is 9.59 Å². The Labute approximate surface area is 135 Å². The van der Waals surface area contributed by atoms with Crippen molar-refractivity contribution in [3.63, 3.8) is 0 Å². The Morgan fingerprint density at radius 3 is 1.57 bits per heavy atom. The van der Waals surface area contributed by atoms with Gasteiger partial charge in [-0.25, -0.2) is 4.79 Å². The lowest BCUT2D eigenvalue weighted by molar-refractivity contribution is -0.147. The van der Waals surface area contributed by atoms with Crippen LogP contribution in [0, 0.1) is 5.41 Å². The minimum atomic E-state index is -0.694. The second kappa shape index (κ2) is 7.01. The van der Waals surface area contributed by atoms with Crippen LogP contribution in [0.25, 0.3) is 0 Å².